The average molecular weight is 255 g/mol. The summed E-state index contributed by atoms with van der Waals surface area (Å²) in [5, 5.41) is 0.299. The van der Waals surface area contributed by atoms with Gasteiger partial charge in [0.1, 0.15) is 5.82 Å². The number of anilines is 1. The molecule has 17 heavy (non-hydrogen) atoms. The molecule has 2 nitrogen and oxygen atoms in total. The molecule has 0 aliphatic heterocycles. The molecule has 1 aromatic rings. The maximum Gasteiger partial charge on any atom is 0.125 e. The van der Waals surface area contributed by atoms with Crippen molar-refractivity contribution in [2.45, 2.75) is 43.1 Å². The Labute approximate surface area is 104 Å². The highest BCUT2D eigenvalue weighted by Crippen LogP contribution is 2.25. The smallest absolute Gasteiger partial charge is 0.125 e. The van der Waals surface area contributed by atoms with Gasteiger partial charge in [-0.2, -0.15) is 0 Å². The van der Waals surface area contributed by atoms with Crippen molar-refractivity contribution in [3.8, 4) is 0 Å². The summed E-state index contributed by atoms with van der Waals surface area (Å²) in [5.41, 5.74) is 6.94. The van der Waals surface area contributed by atoms with Crippen LogP contribution in [0, 0.1) is 5.82 Å². The second-order valence-electron chi connectivity index (χ2n) is 4.63. The van der Waals surface area contributed by atoms with E-state index in [1.165, 1.54) is 31.4 Å². The predicted molar refractivity (Wildman–Crippen MR) is 69.5 cm³/mol. The van der Waals surface area contributed by atoms with Gasteiger partial charge in [-0.15, -0.1) is 0 Å². The van der Waals surface area contributed by atoms with E-state index in [2.05, 4.69) is 0 Å². The largest absolute Gasteiger partial charge is 0.398 e. The van der Waals surface area contributed by atoms with Crippen LogP contribution in [-0.4, -0.2) is 9.46 Å². The van der Waals surface area contributed by atoms with Crippen LogP contribution in [-0.2, 0) is 16.6 Å². The van der Waals surface area contributed by atoms with Crippen LogP contribution in [0.3, 0.4) is 0 Å². The molecule has 0 saturated heterocycles. The standard InChI is InChI=1S/C13H18FNOS/c14-11-7-6-10(13(15)8-11)9-17(16)12-4-2-1-3-5-12/h6-8,12H,1-5,9,15H2. The first kappa shape index (κ1) is 12.6. The van der Waals surface area contributed by atoms with E-state index in [1.807, 2.05) is 0 Å². The van der Waals surface area contributed by atoms with Crippen molar-refractivity contribution < 1.29 is 8.60 Å². The number of nitrogens with two attached hydrogens (primary N) is 1. The van der Waals surface area contributed by atoms with Crippen LogP contribution < -0.4 is 5.73 Å². The highest BCUT2D eigenvalue weighted by atomic mass is 32.2. The summed E-state index contributed by atoms with van der Waals surface area (Å²) in [5.74, 6) is 0.117. The molecule has 1 fully saturated rings. The molecule has 0 aromatic heterocycles. The molecule has 1 aliphatic carbocycles. The van der Waals surface area contributed by atoms with Crippen LogP contribution in [0.25, 0.3) is 0 Å². The molecule has 1 aliphatic rings. The Bertz CT molecular complexity index is 416. The minimum Gasteiger partial charge on any atom is -0.398 e. The van der Waals surface area contributed by atoms with Crippen molar-refractivity contribution in [2.24, 2.45) is 0 Å². The van der Waals surface area contributed by atoms with E-state index in [4.69, 9.17) is 5.73 Å². The van der Waals surface area contributed by atoms with Gasteiger partial charge in [0.05, 0.1) is 5.75 Å². The Morgan fingerprint density at radius 2 is 2.00 bits per heavy atom. The minimum atomic E-state index is -0.877. The molecular weight excluding hydrogens is 237 g/mol. The molecule has 1 aromatic carbocycles. The van der Waals surface area contributed by atoms with Crippen molar-refractivity contribution in [1.82, 2.24) is 0 Å². The van der Waals surface area contributed by atoms with E-state index in [1.54, 1.807) is 6.07 Å². The normalized spacial score (nSPS) is 19.1. The van der Waals surface area contributed by atoms with Gasteiger partial charge in [0.25, 0.3) is 0 Å². The lowest BCUT2D eigenvalue weighted by Crippen LogP contribution is -2.20. The molecule has 1 atom stereocenters. The minimum absolute atomic E-state index is 0.299. The molecule has 0 amide bonds. The number of nitrogen functional groups attached to an aromatic ring is 1. The maximum atomic E-state index is 12.9. The zero-order valence-corrected chi connectivity index (χ0v) is 10.6. The Morgan fingerprint density at radius 1 is 1.29 bits per heavy atom. The molecule has 1 saturated carbocycles. The van der Waals surface area contributed by atoms with Gasteiger partial charge in [0, 0.05) is 21.7 Å². The monoisotopic (exact) mass is 255 g/mol. The highest BCUT2D eigenvalue weighted by Gasteiger charge is 2.20. The lowest BCUT2D eigenvalue weighted by Gasteiger charge is -2.21. The Hall–Kier alpha value is -0.900. The number of benzene rings is 1. The van der Waals surface area contributed by atoms with E-state index in [-0.39, 0.29) is 5.82 Å². The van der Waals surface area contributed by atoms with Crippen molar-refractivity contribution >= 4 is 16.5 Å². The fraction of sp³-hybridized carbons (Fsp3) is 0.538. The lowest BCUT2D eigenvalue weighted by atomic mass is 10.0. The summed E-state index contributed by atoms with van der Waals surface area (Å²) in [4.78, 5) is 0. The van der Waals surface area contributed by atoms with Crippen molar-refractivity contribution in [3.05, 3.63) is 29.6 Å². The summed E-state index contributed by atoms with van der Waals surface area (Å²) < 4.78 is 25.1. The Kier molecular flexibility index (Phi) is 4.15. The van der Waals surface area contributed by atoms with Crippen LogP contribution in [0.4, 0.5) is 10.1 Å². The summed E-state index contributed by atoms with van der Waals surface area (Å²) in [6.45, 7) is 0. The molecule has 2 N–H and O–H groups in total. The topological polar surface area (TPSA) is 43.1 Å². The number of rotatable bonds is 3. The third kappa shape index (κ3) is 3.28. The van der Waals surface area contributed by atoms with Crippen LogP contribution in [0.1, 0.15) is 37.7 Å². The van der Waals surface area contributed by atoms with Gasteiger partial charge in [-0.05, 0) is 30.5 Å². The van der Waals surface area contributed by atoms with Crippen molar-refractivity contribution in [3.63, 3.8) is 0 Å². The molecule has 0 heterocycles. The van der Waals surface area contributed by atoms with Crippen molar-refractivity contribution in [2.75, 3.05) is 5.73 Å². The summed E-state index contributed by atoms with van der Waals surface area (Å²) in [6.07, 6.45) is 5.71. The van der Waals surface area contributed by atoms with Gasteiger partial charge >= 0.3 is 0 Å². The van der Waals surface area contributed by atoms with E-state index in [9.17, 15) is 8.60 Å². The maximum absolute atomic E-state index is 12.9. The van der Waals surface area contributed by atoms with Gasteiger partial charge < -0.3 is 5.73 Å². The van der Waals surface area contributed by atoms with Gasteiger partial charge in [-0.3, -0.25) is 4.21 Å². The molecule has 4 heteroatoms. The highest BCUT2D eigenvalue weighted by molar-refractivity contribution is 7.84. The predicted octanol–water partition coefficient (Wildman–Crippen LogP) is 2.99. The van der Waals surface area contributed by atoms with Crippen LogP contribution in [0.2, 0.25) is 0 Å². The molecule has 2 rings (SSSR count). The van der Waals surface area contributed by atoms with Gasteiger partial charge in [-0.1, -0.05) is 25.3 Å². The van der Waals surface area contributed by atoms with Crippen molar-refractivity contribution in [1.29, 1.82) is 0 Å². The average Bonchev–Trinajstić information content (AvgIpc) is 2.34. The molecule has 0 spiro atoms. The van der Waals surface area contributed by atoms with E-state index in [0.29, 0.717) is 16.7 Å². The van der Waals surface area contributed by atoms with Gasteiger partial charge in [-0.25, -0.2) is 4.39 Å². The Morgan fingerprint density at radius 3 is 2.65 bits per heavy atom. The van der Waals surface area contributed by atoms with Crippen LogP contribution >= 0.6 is 0 Å². The lowest BCUT2D eigenvalue weighted by molar-refractivity contribution is 0.504. The molecule has 0 radical (unpaired) electrons. The number of hydrogen-bond donors (Lipinski definition) is 1. The summed E-state index contributed by atoms with van der Waals surface area (Å²) >= 11 is 0. The van der Waals surface area contributed by atoms with Crippen LogP contribution in [0.15, 0.2) is 18.2 Å². The van der Waals surface area contributed by atoms with Gasteiger partial charge in [0.15, 0.2) is 0 Å². The van der Waals surface area contributed by atoms with Gasteiger partial charge in [0.2, 0.25) is 0 Å². The fourth-order valence-corrected chi connectivity index (χ4v) is 3.96. The third-order valence-corrected chi connectivity index (χ3v) is 5.14. The summed E-state index contributed by atoms with van der Waals surface area (Å²) in [6, 6.07) is 4.32. The Balaban J connectivity index is 2.02. The molecule has 94 valence electrons. The molecule has 1 unspecified atom stereocenters. The SMILES string of the molecule is Nc1cc(F)ccc1CS(=O)C1CCCCC1. The molecular formula is C13H18FNOS. The summed E-state index contributed by atoms with van der Waals surface area (Å²) in [7, 11) is -0.877. The first-order valence-electron chi connectivity index (χ1n) is 6.08. The first-order valence-corrected chi connectivity index (χ1v) is 7.46. The molecule has 0 bridgehead atoms. The second kappa shape index (κ2) is 5.63. The zero-order chi connectivity index (χ0) is 12.3. The first-order chi connectivity index (χ1) is 8.16. The van der Waals surface area contributed by atoms with E-state index >= 15 is 0 Å². The quantitative estimate of drug-likeness (QED) is 0.844. The fourth-order valence-electron chi connectivity index (χ4n) is 2.30. The zero-order valence-electron chi connectivity index (χ0n) is 9.82. The number of halogens is 1. The second-order valence-corrected chi connectivity index (χ2v) is 6.35. The third-order valence-electron chi connectivity index (χ3n) is 3.33. The van der Waals surface area contributed by atoms with E-state index < -0.39 is 10.8 Å². The van der Waals surface area contributed by atoms with E-state index in [0.717, 1.165) is 18.4 Å². The van der Waals surface area contributed by atoms with Crippen LogP contribution in [0.5, 0.6) is 0 Å². The number of hydrogen-bond acceptors (Lipinski definition) is 2.